The fraction of sp³-hybridized carbons (Fsp3) is 0.318. The van der Waals surface area contributed by atoms with Crippen LogP contribution in [0.2, 0.25) is 5.02 Å². The molecule has 0 spiro atoms. The molecule has 4 heteroatoms. The van der Waals surface area contributed by atoms with E-state index in [0.29, 0.717) is 10.9 Å². The van der Waals surface area contributed by atoms with Gasteiger partial charge in [-0.1, -0.05) is 60.1 Å². The first kappa shape index (κ1) is 18.7. The van der Waals surface area contributed by atoms with Crippen molar-refractivity contribution in [2.24, 2.45) is 5.92 Å². The van der Waals surface area contributed by atoms with Crippen LogP contribution in [0.5, 0.6) is 0 Å². The number of carbonyl (C=O) groups is 1. The number of amides is 1. The summed E-state index contributed by atoms with van der Waals surface area (Å²) in [6, 6.07) is 18.1. The Labute approximate surface area is 160 Å². The van der Waals surface area contributed by atoms with Gasteiger partial charge in [-0.2, -0.15) is 0 Å². The van der Waals surface area contributed by atoms with Crippen LogP contribution in [0.15, 0.2) is 60.7 Å². The van der Waals surface area contributed by atoms with Crippen molar-refractivity contribution in [1.82, 2.24) is 10.2 Å². The molecule has 1 saturated heterocycles. The van der Waals surface area contributed by atoms with Gasteiger partial charge in [0.05, 0.1) is 0 Å². The molecule has 2 aromatic rings. The molecule has 3 rings (SSSR count). The number of nitrogens with zero attached hydrogens (tertiary/aromatic N) is 1. The summed E-state index contributed by atoms with van der Waals surface area (Å²) in [5.74, 6) is 0.497. The van der Waals surface area contributed by atoms with E-state index in [9.17, 15) is 4.79 Å². The van der Waals surface area contributed by atoms with Gasteiger partial charge in [-0.05, 0) is 55.1 Å². The number of benzene rings is 2. The molecule has 3 nitrogen and oxygen atoms in total. The van der Waals surface area contributed by atoms with Crippen LogP contribution in [0.25, 0.3) is 6.08 Å². The monoisotopic (exact) mass is 368 g/mol. The zero-order valence-electron chi connectivity index (χ0n) is 14.9. The highest BCUT2D eigenvalue weighted by molar-refractivity contribution is 6.32. The average Bonchev–Trinajstić information content (AvgIpc) is 2.68. The topological polar surface area (TPSA) is 32.3 Å². The van der Waals surface area contributed by atoms with E-state index in [0.717, 1.165) is 44.6 Å². The summed E-state index contributed by atoms with van der Waals surface area (Å²) in [5.41, 5.74) is 2.22. The fourth-order valence-electron chi connectivity index (χ4n) is 3.27. The van der Waals surface area contributed by atoms with E-state index in [1.165, 1.54) is 5.56 Å². The molecule has 1 N–H and O–H groups in total. The molecule has 1 amide bonds. The summed E-state index contributed by atoms with van der Waals surface area (Å²) in [6.07, 6.45) is 5.58. The summed E-state index contributed by atoms with van der Waals surface area (Å²) in [4.78, 5) is 14.5. The van der Waals surface area contributed by atoms with Crippen molar-refractivity contribution in [3.05, 3.63) is 76.8 Å². The van der Waals surface area contributed by atoms with Crippen molar-refractivity contribution in [3.8, 4) is 0 Å². The molecule has 0 saturated carbocycles. The zero-order valence-corrected chi connectivity index (χ0v) is 15.7. The number of hydrogen-bond acceptors (Lipinski definition) is 2. The van der Waals surface area contributed by atoms with Gasteiger partial charge in [0.15, 0.2) is 0 Å². The molecule has 0 unspecified atom stereocenters. The van der Waals surface area contributed by atoms with E-state index in [1.54, 1.807) is 12.2 Å². The standard InChI is InChI=1S/C22H25ClN2O/c23-21-9-5-4-8-20(21)10-11-22(26)24-16-18-12-14-25(15-13-18)17-19-6-2-1-3-7-19/h1-11,18H,12-17H2,(H,24,26)/b11-10+. The van der Waals surface area contributed by atoms with E-state index >= 15 is 0 Å². The number of piperidine rings is 1. The highest BCUT2D eigenvalue weighted by Crippen LogP contribution is 2.19. The van der Waals surface area contributed by atoms with Crippen molar-refractivity contribution < 1.29 is 4.79 Å². The lowest BCUT2D eigenvalue weighted by Gasteiger charge is -2.32. The van der Waals surface area contributed by atoms with Crippen LogP contribution in [0, 0.1) is 5.92 Å². The summed E-state index contributed by atoms with van der Waals surface area (Å²) in [7, 11) is 0. The normalized spacial score (nSPS) is 16.0. The Balaban J connectivity index is 1.38. The number of halogens is 1. The molecule has 0 bridgehead atoms. The second-order valence-corrected chi connectivity index (χ2v) is 7.21. The van der Waals surface area contributed by atoms with E-state index in [2.05, 4.69) is 40.5 Å². The zero-order chi connectivity index (χ0) is 18.2. The van der Waals surface area contributed by atoms with Gasteiger partial charge < -0.3 is 5.32 Å². The molecule has 1 aliphatic heterocycles. The van der Waals surface area contributed by atoms with E-state index in [1.807, 2.05) is 24.3 Å². The smallest absolute Gasteiger partial charge is 0.244 e. The maximum Gasteiger partial charge on any atom is 0.244 e. The first-order valence-electron chi connectivity index (χ1n) is 9.17. The first-order chi connectivity index (χ1) is 12.7. The van der Waals surface area contributed by atoms with E-state index in [-0.39, 0.29) is 5.91 Å². The van der Waals surface area contributed by atoms with Gasteiger partial charge in [0.1, 0.15) is 0 Å². The van der Waals surface area contributed by atoms with Crippen LogP contribution in [0.3, 0.4) is 0 Å². The number of carbonyl (C=O) groups excluding carboxylic acids is 1. The summed E-state index contributed by atoms with van der Waals surface area (Å²) in [5, 5.41) is 3.67. The Morgan fingerprint density at radius 2 is 1.77 bits per heavy atom. The molecule has 1 heterocycles. The molecule has 1 fully saturated rings. The third kappa shape index (κ3) is 5.72. The van der Waals surface area contributed by atoms with Gasteiger partial charge in [-0.25, -0.2) is 0 Å². The minimum absolute atomic E-state index is 0.0587. The minimum Gasteiger partial charge on any atom is -0.352 e. The molecule has 26 heavy (non-hydrogen) atoms. The van der Waals surface area contributed by atoms with Crippen molar-refractivity contribution in [2.45, 2.75) is 19.4 Å². The number of hydrogen-bond donors (Lipinski definition) is 1. The first-order valence-corrected chi connectivity index (χ1v) is 9.55. The summed E-state index contributed by atoms with van der Waals surface area (Å²) in [6.45, 7) is 3.93. The molecule has 1 aliphatic rings. The minimum atomic E-state index is -0.0587. The predicted octanol–water partition coefficient (Wildman–Crippen LogP) is 4.38. The van der Waals surface area contributed by atoms with Crippen molar-refractivity contribution in [3.63, 3.8) is 0 Å². The van der Waals surface area contributed by atoms with Crippen LogP contribution < -0.4 is 5.32 Å². The van der Waals surface area contributed by atoms with Gasteiger partial charge in [0.2, 0.25) is 5.91 Å². The molecule has 2 aromatic carbocycles. The third-order valence-corrected chi connectivity index (χ3v) is 5.18. The van der Waals surface area contributed by atoms with Crippen LogP contribution >= 0.6 is 11.6 Å². The number of rotatable bonds is 6. The molecule has 0 radical (unpaired) electrons. The van der Waals surface area contributed by atoms with Crippen LogP contribution in [-0.4, -0.2) is 30.4 Å². The maximum atomic E-state index is 12.0. The average molecular weight is 369 g/mol. The van der Waals surface area contributed by atoms with Crippen LogP contribution in [0.4, 0.5) is 0 Å². The fourth-order valence-corrected chi connectivity index (χ4v) is 3.47. The highest BCUT2D eigenvalue weighted by atomic mass is 35.5. The van der Waals surface area contributed by atoms with Gasteiger partial charge in [-0.3, -0.25) is 9.69 Å². The van der Waals surface area contributed by atoms with Crippen LogP contribution in [0.1, 0.15) is 24.0 Å². The Kier molecular flexibility index (Phi) is 6.87. The summed E-state index contributed by atoms with van der Waals surface area (Å²) >= 11 is 6.09. The predicted molar refractivity (Wildman–Crippen MR) is 108 cm³/mol. The Morgan fingerprint density at radius 3 is 2.50 bits per heavy atom. The second-order valence-electron chi connectivity index (χ2n) is 6.81. The van der Waals surface area contributed by atoms with Crippen molar-refractivity contribution >= 4 is 23.6 Å². The Bertz CT molecular complexity index is 737. The van der Waals surface area contributed by atoms with Gasteiger partial charge in [-0.15, -0.1) is 0 Å². The molecule has 0 aromatic heterocycles. The molecule has 136 valence electrons. The van der Waals surface area contributed by atoms with E-state index in [4.69, 9.17) is 11.6 Å². The SMILES string of the molecule is O=C(/C=C/c1ccccc1Cl)NCC1CCN(Cc2ccccc2)CC1. The van der Waals surface area contributed by atoms with Crippen molar-refractivity contribution in [1.29, 1.82) is 0 Å². The molecule has 0 aliphatic carbocycles. The van der Waals surface area contributed by atoms with Crippen molar-refractivity contribution in [2.75, 3.05) is 19.6 Å². The number of nitrogens with one attached hydrogen (secondary N) is 1. The van der Waals surface area contributed by atoms with E-state index < -0.39 is 0 Å². The second kappa shape index (κ2) is 9.56. The Morgan fingerprint density at radius 1 is 1.08 bits per heavy atom. The number of likely N-dealkylation sites (tertiary alicyclic amines) is 1. The molecular weight excluding hydrogens is 344 g/mol. The van der Waals surface area contributed by atoms with Crippen LogP contribution in [-0.2, 0) is 11.3 Å². The maximum absolute atomic E-state index is 12.0. The molecular formula is C22H25ClN2O. The third-order valence-electron chi connectivity index (χ3n) is 4.84. The summed E-state index contributed by atoms with van der Waals surface area (Å²) < 4.78 is 0. The lowest BCUT2D eigenvalue weighted by Crippen LogP contribution is -2.38. The quantitative estimate of drug-likeness (QED) is 0.767. The highest BCUT2D eigenvalue weighted by Gasteiger charge is 2.19. The largest absolute Gasteiger partial charge is 0.352 e. The van der Waals surface area contributed by atoms with Gasteiger partial charge in [0.25, 0.3) is 0 Å². The van der Waals surface area contributed by atoms with Gasteiger partial charge >= 0.3 is 0 Å². The lowest BCUT2D eigenvalue weighted by molar-refractivity contribution is -0.116. The molecule has 0 atom stereocenters. The van der Waals surface area contributed by atoms with Gasteiger partial charge in [0, 0.05) is 24.2 Å². The lowest BCUT2D eigenvalue weighted by atomic mass is 9.96. The Hall–Kier alpha value is -2.10.